The first-order valence-electron chi connectivity index (χ1n) is 5.11. The lowest BCUT2D eigenvalue weighted by molar-refractivity contribution is -0.116. The van der Waals surface area contributed by atoms with Crippen LogP contribution in [0.4, 0.5) is 5.82 Å². The number of pyridine rings is 1. The summed E-state index contributed by atoms with van der Waals surface area (Å²) in [6.07, 6.45) is 1.75. The highest BCUT2D eigenvalue weighted by molar-refractivity contribution is 6.58. The van der Waals surface area contributed by atoms with Crippen LogP contribution in [0.2, 0.25) is 0 Å². The molecule has 1 heterocycles. The van der Waals surface area contributed by atoms with Gasteiger partial charge in [0, 0.05) is 18.1 Å². The number of aromatic nitrogens is 1. The van der Waals surface area contributed by atoms with E-state index in [1.165, 1.54) is 18.3 Å². The number of amides is 1. The van der Waals surface area contributed by atoms with Crippen molar-refractivity contribution in [1.82, 2.24) is 4.98 Å². The molecule has 0 aliphatic carbocycles. The predicted molar refractivity (Wildman–Crippen MR) is 62.1 cm³/mol. The minimum Gasteiger partial charge on any atom is -0.423 e. The first-order valence-corrected chi connectivity index (χ1v) is 5.11. The number of nitrogens with zero attached hydrogens (tertiary/aromatic N) is 1. The molecule has 0 atom stereocenters. The number of hydrogen-bond acceptors (Lipinski definition) is 4. The van der Waals surface area contributed by atoms with Gasteiger partial charge in [-0.3, -0.25) is 4.79 Å². The summed E-state index contributed by atoms with van der Waals surface area (Å²) < 4.78 is 0. The van der Waals surface area contributed by atoms with E-state index in [-0.39, 0.29) is 5.91 Å². The Morgan fingerprint density at radius 1 is 1.50 bits per heavy atom. The molecule has 5 nitrogen and oxygen atoms in total. The standard InChI is InChI=1S/C10H15BN2O3/c1-7(2)5-10(14)13-9-4-3-8(6-12-9)11(15)16/h3-4,6-7,15-16H,5H2,1-2H3,(H,12,13,14). The molecule has 1 rings (SSSR count). The summed E-state index contributed by atoms with van der Waals surface area (Å²) >= 11 is 0. The van der Waals surface area contributed by atoms with Crippen LogP contribution in [0.3, 0.4) is 0 Å². The van der Waals surface area contributed by atoms with E-state index in [9.17, 15) is 4.79 Å². The monoisotopic (exact) mass is 222 g/mol. The third kappa shape index (κ3) is 4.00. The predicted octanol–water partition coefficient (Wildman–Crippen LogP) is -0.254. The number of nitrogens with one attached hydrogen (secondary N) is 1. The average Bonchev–Trinajstić information content (AvgIpc) is 2.16. The maximum atomic E-state index is 11.4. The Kier molecular flexibility index (Phi) is 4.45. The smallest absolute Gasteiger partial charge is 0.423 e. The molecule has 0 radical (unpaired) electrons. The molecule has 1 aromatic rings. The van der Waals surface area contributed by atoms with Gasteiger partial charge in [0.1, 0.15) is 5.82 Å². The molecular formula is C10H15BN2O3. The minimum absolute atomic E-state index is 0.0974. The summed E-state index contributed by atoms with van der Waals surface area (Å²) in [6.45, 7) is 3.91. The lowest BCUT2D eigenvalue weighted by Gasteiger charge is -2.06. The molecule has 0 unspecified atom stereocenters. The molecule has 0 bridgehead atoms. The zero-order valence-corrected chi connectivity index (χ0v) is 9.34. The SMILES string of the molecule is CC(C)CC(=O)Nc1ccc(B(O)O)cn1. The first kappa shape index (κ1) is 12.7. The van der Waals surface area contributed by atoms with Crippen LogP contribution in [0.25, 0.3) is 0 Å². The van der Waals surface area contributed by atoms with Crippen molar-refractivity contribution in [3.8, 4) is 0 Å². The Morgan fingerprint density at radius 3 is 2.62 bits per heavy atom. The largest absolute Gasteiger partial charge is 0.490 e. The van der Waals surface area contributed by atoms with E-state index in [2.05, 4.69) is 10.3 Å². The van der Waals surface area contributed by atoms with Crippen molar-refractivity contribution in [2.45, 2.75) is 20.3 Å². The topological polar surface area (TPSA) is 82.5 Å². The van der Waals surface area contributed by atoms with Crippen LogP contribution in [0.1, 0.15) is 20.3 Å². The van der Waals surface area contributed by atoms with Crippen LogP contribution in [-0.2, 0) is 4.79 Å². The van der Waals surface area contributed by atoms with Gasteiger partial charge >= 0.3 is 7.12 Å². The van der Waals surface area contributed by atoms with E-state index in [4.69, 9.17) is 10.0 Å². The van der Waals surface area contributed by atoms with Gasteiger partial charge in [-0.15, -0.1) is 0 Å². The van der Waals surface area contributed by atoms with Gasteiger partial charge < -0.3 is 15.4 Å². The number of carbonyl (C=O) groups is 1. The van der Waals surface area contributed by atoms with Crippen LogP contribution < -0.4 is 10.8 Å². The zero-order chi connectivity index (χ0) is 12.1. The molecule has 86 valence electrons. The summed E-state index contributed by atoms with van der Waals surface area (Å²) in [4.78, 5) is 15.3. The molecule has 0 fully saturated rings. The third-order valence-electron chi connectivity index (χ3n) is 1.95. The first-order chi connectivity index (χ1) is 7.49. The van der Waals surface area contributed by atoms with E-state index < -0.39 is 7.12 Å². The fourth-order valence-electron chi connectivity index (χ4n) is 1.20. The number of carbonyl (C=O) groups excluding carboxylic acids is 1. The fourth-order valence-corrected chi connectivity index (χ4v) is 1.20. The van der Waals surface area contributed by atoms with Gasteiger partial charge in [-0.1, -0.05) is 19.9 Å². The summed E-state index contributed by atoms with van der Waals surface area (Å²) in [6, 6.07) is 3.04. The summed E-state index contributed by atoms with van der Waals surface area (Å²) in [7, 11) is -1.53. The Hall–Kier alpha value is -1.40. The van der Waals surface area contributed by atoms with E-state index in [1.807, 2.05) is 13.8 Å². The highest BCUT2D eigenvalue weighted by Gasteiger charge is 2.11. The molecule has 0 saturated heterocycles. The average molecular weight is 222 g/mol. The Labute approximate surface area is 94.7 Å². The molecule has 16 heavy (non-hydrogen) atoms. The molecular weight excluding hydrogens is 207 g/mol. The van der Waals surface area contributed by atoms with Crippen molar-refractivity contribution in [1.29, 1.82) is 0 Å². The van der Waals surface area contributed by atoms with E-state index in [0.29, 0.717) is 23.6 Å². The van der Waals surface area contributed by atoms with Crippen molar-refractivity contribution in [2.75, 3.05) is 5.32 Å². The van der Waals surface area contributed by atoms with E-state index >= 15 is 0 Å². The molecule has 0 spiro atoms. The van der Waals surface area contributed by atoms with Crippen molar-refractivity contribution >= 4 is 24.3 Å². The lowest BCUT2D eigenvalue weighted by atomic mass is 9.82. The Bertz CT molecular complexity index is 352. The highest BCUT2D eigenvalue weighted by atomic mass is 16.4. The second-order valence-electron chi connectivity index (χ2n) is 4.00. The second kappa shape index (κ2) is 5.62. The third-order valence-corrected chi connectivity index (χ3v) is 1.95. The van der Waals surface area contributed by atoms with Gasteiger partial charge in [-0.2, -0.15) is 0 Å². The van der Waals surface area contributed by atoms with E-state index in [0.717, 1.165) is 0 Å². The molecule has 1 amide bonds. The van der Waals surface area contributed by atoms with Crippen LogP contribution >= 0.6 is 0 Å². The molecule has 0 aliphatic rings. The van der Waals surface area contributed by atoms with Gasteiger partial charge in [-0.05, 0) is 12.0 Å². The molecule has 0 aliphatic heterocycles. The summed E-state index contributed by atoms with van der Waals surface area (Å²) in [5, 5.41) is 20.3. The van der Waals surface area contributed by atoms with Crippen molar-refractivity contribution < 1.29 is 14.8 Å². The quantitative estimate of drug-likeness (QED) is 0.613. The Balaban J connectivity index is 2.58. The number of anilines is 1. The summed E-state index contributed by atoms with van der Waals surface area (Å²) in [5.74, 6) is 0.605. The molecule has 0 aromatic carbocycles. The van der Waals surface area contributed by atoms with E-state index in [1.54, 1.807) is 0 Å². The number of rotatable bonds is 4. The van der Waals surface area contributed by atoms with Gasteiger partial charge in [0.05, 0.1) is 0 Å². The van der Waals surface area contributed by atoms with Crippen molar-refractivity contribution in [2.24, 2.45) is 5.92 Å². The lowest BCUT2D eigenvalue weighted by Crippen LogP contribution is -2.30. The number of hydrogen-bond donors (Lipinski definition) is 3. The fraction of sp³-hybridized carbons (Fsp3) is 0.400. The van der Waals surface area contributed by atoms with Crippen LogP contribution in [0.15, 0.2) is 18.3 Å². The Morgan fingerprint density at radius 2 is 2.19 bits per heavy atom. The van der Waals surface area contributed by atoms with Gasteiger partial charge in [0.2, 0.25) is 5.91 Å². The molecule has 3 N–H and O–H groups in total. The van der Waals surface area contributed by atoms with Crippen LogP contribution in [0, 0.1) is 5.92 Å². The van der Waals surface area contributed by atoms with Crippen molar-refractivity contribution in [3.63, 3.8) is 0 Å². The molecule has 6 heteroatoms. The van der Waals surface area contributed by atoms with Gasteiger partial charge in [0.15, 0.2) is 0 Å². The maximum absolute atomic E-state index is 11.4. The maximum Gasteiger partial charge on any atom is 0.490 e. The van der Waals surface area contributed by atoms with Gasteiger partial charge in [0.25, 0.3) is 0 Å². The van der Waals surface area contributed by atoms with Crippen LogP contribution in [-0.4, -0.2) is 28.1 Å². The summed E-state index contributed by atoms with van der Waals surface area (Å²) in [5.41, 5.74) is 0.293. The molecule has 0 saturated carbocycles. The highest BCUT2D eigenvalue weighted by Crippen LogP contribution is 2.04. The molecule has 1 aromatic heterocycles. The normalized spacial score (nSPS) is 10.3. The zero-order valence-electron chi connectivity index (χ0n) is 9.34. The van der Waals surface area contributed by atoms with Crippen LogP contribution in [0.5, 0.6) is 0 Å². The van der Waals surface area contributed by atoms with Crippen molar-refractivity contribution in [3.05, 3.63) is 18.3 Å². The van der Waals surface area contributed by atoms with Gasteiger partial charge in [-0.25, -0.2) is 4.98 Å². The minimum atomic E-state index is -1.53. The second-order valence-corrected chi connectivity index (χ2v) is 4.00.